The first-order valence-corrected chi connectivity index (χ1v) is 16.6. The van der Waals surface area contributed by atoms with E-state index >= 15 is 0 Å². The number of rotatable bonds is 16. The van der Waals surface area contributed by atoms with Gasteiger partial charge in [-0.2, -0.15) is 0 Å². The Morgan fingerprint density at radius 2 is 1.29 bits per heavy atom. The highest BCUT2D eigenvalue weighted by molar-refractivity contribution is 5.80. The Labute approximate surface area is 288 Å². The van der Waals surface area contributed by atoms with E-state index in [0.717, 1.165) is 16.7 Å². The fourth-order valence-corrected chi connectivity index (χ4v) is 5.64. The highest BCUT2D eigenvalue weighted by Crippen LogP contribution is 2.31. The second-order valence-corrected chi connectivity index (χ2v) is 13.1. The molecule has 1 heterocycles. The average Bonchev–Trinajstić information content (AvgIpc) is 3.06. The lowest BCUT2D eigenvalue weighted by Gasteiger charge is -2.47. The van der Waals surface area contributed by atoms with E-state index in [2.05, 4.69) is 10.6 Å². The first-order valence-electron chi connectivity index (χ1n) is 16.6. The van der Waals surface area contributed by atoms with Gasteiger partial charge in [0.2, 0.25) is 5.91 Å². The van der Waals surface area contributed by atoms with Gasteiger partial charge in [-0.3, -0.25) is 4.79 Å². The number of nitrogens with one attached hydrogen (secondary N) is 2. The maximum absolute atomic E-state index is 12.6. The minimum Gasteiger partial charge on any atom is -0.480 e. The molecule has 1 saturated heterocycles. The molecule has 2 amide bonds. The molecule has 3 aromatic rings. The Balaban J connectivity index is 1.62. The smallest absolute Gasteiger partial charge is 0.408 e. The summed E-state index contributed by atoms with van der Waals surface area (Å²) in [7, 11) is 0. The molecule has 3 aromatic carbocycles. The van der Waals surface area contributed by atoms with Crippen LogP contribution in [0.5, 0.6) is 0 Å². The summed E-state index contributed by atoms with van der Waals surface area (Å²) in [6, 6.07) is 27.1. The Bertz CT molecular complexity index is 1450. The van der Waals surface area contributed by atoms with Gasteiger partial charge < -0.3 is 39.4 Å². The molecular weight excluding hydrogens is 628 g/mol. The standard InChI is InChI=1S/C38H48N2O9/c1-26(41)39-33-31(21-20-30(36(42)43)40-37(44)49-38(2,3)4)48-32(25-45-22-27-14-8-5-9-15-27)34(46-23-28-16-10-6-11-17-28)35(33)47-24-29-18-12-7-13-19-29/h5-19,30-35H,20-25H2,1-4H3,(H,39,41)(H,40,44)(H,42,43)/t30-,31+,32+,33-,34-,35+/m0/s1. The fourth-order valence-electron chi connectivity index (χ4n) is 5.64. The Kier molecular flexibility index (Phi) is 14.1. The first kappa shape index (κ1) is 37.5. The number of benzene rings is 3. The quantitative estimate of drug-likeness (QED) is 0.182. The lowest BCUT2D eigenvalue weighted by Crippen LogP contribution is -2.65. The zero-order valence-corrected chi connectivity index (χ0v) is 28.6. The number of alkyl carbamates (subject to hydrolysis) is 1. The molecule has 1 aliphatic heterocycles. The molecule has 11 heteroatoms. The topological polar surface area (TPSA) is 142 Å². The van der Waals surface area contributed by atoms with E-state index in [1.165, 1.54) is 6.92 Å². The molecule has 0 radical (unpaired) electrons. The number of aliphatic carboxylic acids is 1. The monoisotopic (exact) mass is 676 g/mol. The van der Waals surface area contributed by atoms with Crippen LogP contribution in [0.4, 0.5) is 4.79 Å². The van der Waals surface area contributed by atoms with Crippen LogP contribution in [0.2, 0.25) is 0 Å². The van der Waals surface area contributed by atoms with Crippen LogP contribution in [-0.4, -0.2) is 71.8 Å². The third kappa shape index (κ3) is 12.6. The second-order valence-electron chi connectivity index (χ2n) is 13.1. The van der Waals surface area contributed by atoms with Crippen molar-refractivity contribution in [2.24, 2.45) is 0 Å². The van der Waals surface area contributed by atoms with Gasteiger partial charge in [-0.05, 0) is 50.3 Å². The van der Waals surface area contributed by atoms with Crippen molar-refractivity contribution in [3.05, 3.63) is 108 Å². The Morgan fingerprint density at radius 1 is 0.776 bits per heavy atom. The normalized spacial score (nSPS) is 21.3. The van der Waals surface area contributed by atoms with E-state index in [0.29, 0.717) is 6.61 Å². The molecule has 0 spiro atoms. The number of amides is 2. The molecule has 3 N–H and O–H groups in total. The number of hydrogen-bond acceptors (Lipinski definition) is 8. The largest absolute Gasteiger partial charge is 0.480 e. The van der Waals surface area contributed by atoms with Gasteiger partial charge in [-0.1, -0.05) is 91.0 Å². The molecule has 0 aliphatic carbocycles. The molecule has 6 atom stereocenters. The van der Waals surface area contributed by atoms with E-state index in [1.54, 1.807) is 20.8 Å². The van der Waals surface area contributed by atoms with Crippen molar-refractivity contribution in [3.63, 3.8) is 0 Å². The SMILES string of the molecule is CC(=O)N[C@@H]1[C@@H](OCc2ccccc2)[C@@H](OCc2ccccc2)[C@@H](COCc2ccccc2)O[C@@H]1CC[C@H](NC(=O)OC(C)(C)C)C(=O)O. The van der Waals surface area contributed by atoms with Crippen LogP contribution in [0.1, 0.15) is 57.2 Å². The minimum atomic E-state index is -1.26. The number of carboxylic acid groups (broad SMARTS) is 1. The van der Waals surface area contributed by atoms with Crippen LogP contribution in [0.3, 0.4) is 0 Å². The number of ether oxygens (including phenoxy) is 5. The zero-order chi connectivity index (χ0) is 35.2. The van der Waals surface area contributed by atoms with Crippen molar-refractivity contribution in [1.29, 1.82) is 0 Å². The average molecular weight is 677 g/mol. The van der Waals surface area contributed by atoms with Gasteiger partial charge in [0.05, 0.1) is 38.6 Å². The number of carbonyl (C=O) groups is 3. The van der Waals surface area contributed by atoms with Crippen molar-refractivity contribution in [1.82, 2.24) is 10.6 Å². The molecule has 11 nitrogen and oxygen atoms in total. The molecule has 49 heavy (non-hydrogen) atoms. The summed E-state index contributed by atoms with van der Waals surface area (Å²) < 4.78 is 31.3. The molecule has 264 valence electrons. The molecule has 4 rings (SSSR count). The summed E-state index contributed by atoms with van der Waals surface area (Å²) in [6.07, 6.45) is -3.44. The van der Waals surface area contributed by atoms with Crippen LogP contribution >= 0.6 is 0 Å². The van der Waals surface area contributed by atoms with Gasteiger partial charge in [0.15, 0.2) is 0 Å². The Hall–Kier alpha value is -4.29. The molecule has 0 bridgehead atoms. The van der Waals surface area contributed by atoms with Crippen LogP contribution in [0, 0.1) is 0 Å². The molecule has 0 saturated carbocycles. The summed E-state index contributed by atoms with van der Waals surface area (Å²) in [5, 5.41) is 15.4. The molecule has 0 aromatic heterocycles. The lowest BCUT2D eigenvalue weighted by molar-refractivity contribution is -0.233. The van der Waals surface area contributed by atoms with E-state index < -0.39 is 54.2 Å². The maximum Gasteiger partial charge on any atom is 0.408 e. The van der Waals surface area contributed by atoms with Gasteiger partial charge in [0, 0.05) is 6.92 Å². The van der Waals surface area contributed by atoms with Crippen molar-refractivity contribution < 1.29 is 43.2 Å². The van der Waals surface area contributed by atoms with Crippen LogP contribution < -0.4 is 10.6 Å². The molecule has 1 aliphatic rings. The van der Waals surface area contributed by atoms with Gasteiger partial charge in [0.1, 0.15) is 30.0 Å². The van der Waals surface area contributed by atoms with Gasteiger partial charge in [-0.25, -0.2) is 9.59 Å². The van der Waals surface area contributed by atoms with Crippen molar-refractivity contribution in [2.75, 3.05) is 6.61 Å². The summed E-state index contributed by atoms with van der Waals surface area (Å²) in [5.74, 6) is -1.53. The summed E-state index contributed by atoms with van der Waals surface area (Å²) in [6.45, 7) is 7.46. The second kappa shape index (κ2) is 18.5. The lowest BCUT2D eigenvalue weighted by atomic mass is 9.89. The van der Waals surface area contributed by atoms with Gasteiger partial charge >= 0.3 is 12.1 Å². The number of carbonyl (C=O) groups excluding carboxylic acids is 2. The van der Waals surface area contributed by atoms with Crippen LogP contribution in [-0.2, 0) is 53.1 Å². The molecule has 0 unspecified atom stereocenters. The van der Waals surface area contributed by atoms with Crippen molar-refractivity contribution in [2.45, 2.75) is 102 Å². The third-order valence-corrected chi connectivity index (χ3v) is 7.86. The fraction of sp³-hybridized carbons (Fsp3) is 0.447. The van der Waals surface area contributed by atoms with E-state index in [9.17, 15) is 19.5 Å². The molecule has 1 fully saturated rings. The number of carboxylic acids is 1. The summed E-state index contributed by atoms with van der Waals surface area (Å²) >= 11 is 0. The third-order valence-electron chi connectivity index (χ3n) is 7.86. The Morgan fingerprint density at radius 3 is 1.78 bits per heavy atom. The van der Waals surface area contributed by atoms with E-state index in [1.807, 2.05) is 91.0 Å². The van der Waals surface area contributed by atoms with E-state index in [4.69, 9.17) is 23.7 Å². The number of hydrogen-bond donors (Lipinski definition) is 3. The first-order chi connectivity index (χ1) is 23.5. The zero-order valence-electron chi connectivity index (χ0n) is 28.6. The van der Waals surface area contributed by atoms with E-state index in [-0.39, 0.29) is 38.6 Å². The van der Waals surface area contributed by atoms with Crippen LogP contribution in [0.15, 0.2) is 91.0 Å². The predicted molar refractivity (Wildman–Crippen MR) is 182 cm³/mol. The summed E-state index contributed by atoms with van der Waals surface area (Å²) in [4.78, 5) is 37.4. The highest BCUT2D eigenvalue weighted by Gasteiger charge is 2.48. The van der Waals surface area contributed by atoms with Crippen molar-refractivity contribution in [3.8, 4) is 0 Å². The predicted octanol–water partition coefficient (Wildman–Crippen LogP) is 5.40. The highest BCUT2D eigenvalue weighted by atomic mass is 16.6. The van der Waals surface area contributed by atoms with Crippen LogP contribution in [0.25, 0.3) is 0 Å². The minimum absolute atomic E-state index is 0.00609. The van der Waals surface area contributed by atoms with Gasteiger partial charge in [0.25, 0.3) is 0 Å². The van der Waals surface area contributed by atoms with Gasteiger partial charge in [-0.15, -0.1) is 0 Å². The maximum atomic E-state index is 12.6. The van der Waals surface area contributed by atoms with Crippen molar-refractivity contribution >= 4 is 18.0 Å². The summed E-state index contributed by atoms with van der Waals surface area (Å²) in [5.41, 5.74) is 2.06. The molecular formula is C38H48N2O9.